The van der Waals surface area contributed by atoms with Crippen LogP contribution in [0.2, 0.25) is 0 Å². The minimum Gasteiger partial charge on any atom is -0.507 e. The van der Waals surface area contributed by atoms with Crippen LogP contribution < -0.4 is 4.72 Å². The molecule has 0 atom stereocenters. The molecule has 0 bridgehead atoms. The lowest BCUT2D eigenvalue weighted by atomic mass is 10.1. The Hall–Kier alpha value is -3.31. The molecule has 0 radical (unpaired) electrons. The minimum absolute atomic E-state index is 0.112. The largest absolute Gasteiger partial charge is 0.507 e. The summed E-state index contributed by atoms with van der Waals surface area (Å²) in [7, 11) is -3.75. The second kappa shape index (κ2) is 6.78. The fraction of sp³-hybridized carbons (Fsp3) is 0. The first-order valence-electron chi connectivity index (χ1n) is 8.44. The smallest absolute Gasteiger partial charge is 0.261 e. The number of anilines is 1. The Morgan fingerprint density at radius 1 is 0.630 bits per heavy atom. The molecule has 0 aliphatic rings. The van der Waals surface area contributed by atoms with Gasteiger partial charge in [-0.05, 0) is 35.4 Å². The molecule has 4 rings (SSSR count). The van der Waals surface area contributed by atoms with E-state index in [1.807, 2.05) is 30.3 Å². The molecule has 27 heavy (non-hydrogen) atoms. The van der Waals surface area contributed by atoms with Gasteiger partial charge in [-0.25, -0.2) is 8.42 Å². The van der Waals surface area contributed by atoms with E-state index in [1.165, 1.54) is 0 Å². The van der Waals surface area contributed by atoms with Crippen molar-refractivity contribution in [3.05, 3.63) is 91.0 Å². The summed E-state index contributed by atoms with van der Waals surface area (Å²) in [5.41, 5.74) is 2.40. The number of sulfonamides is 1. The number of nitrogens with one attached hydrogen (secondary N) is 1. The molecule has 0 aromatic heterocycles. The van der Waals surface area contributed by atoms with Crippen LogP contribution in [0.1, 0.15) is 0 Å². The van der Waals surface area contributed by atoms with Crippen molar-refractivity contribution in [3.8, 4) is 16.9 Å². The Kier molecular flexibility index (Phi) is 4.30. The van der Waals surface area contributed by atoms with Crippen molar-refractivity contribution < 1.29 is 13.5 Å². The lowest BCUT2D eigenvalue weighted by molar-refractivity contribution is 0.481. The number of fused-ring (bicyclic) bond motifs is 1. The zero-order valence-corrected chi connectivity index (χ0v) is 15.1. The first-order chi connectivity index (χ1) is 13.0. The summed E-state index contributed by atoms with van der Waals surface area (Å²) in [6.45, 7) is 0. The van der Waals surface area contributed by atoms with Crippen LogP contribution in [0.3, 0.4) is 0 Å². The first kappa shape index (κ1) is 17.1. The van der Waals surface area contributed by atoms with Crippen molar-refractivity contribution in [2.24, 2.45) is 0 Å². The summed E-state index contributed by atoms with van der Waals surface area (Å²) in [5, 5.41) is 11.2. The maximum Gasteiger partial charge on any atom is 0.261 e. The maximum absolute atomic E-state index is 12.8. The van der Waals surface area contributed by atoms with Gasteiger partial charge in [0.25, 0.3) is 10.0 Å². The fourth-order valence-corrected chi connectivity index (χ4v) is 4.12. The van der Waals surface area contributed by atoms with Crippen molar-refractivity contribution >= 4 is 26.5 Å². The number of aromatic hydroxyl groups is 1. The van der Waals surface area contributed by atoms with E-state index in [0.29, 0.717) is 16.5 Å². The van der Waals surface area contributed by atoms with E-state index in [4.69, 9.17) is 0 Å². The standard InChI is InChI=1S/C22H17NO3S/c24-22-11-5-8-19-20(22)9-4-10-21(19)23-27(25,26)18-14-12-17(13-15-18)16-6-2-1-3-7-16/h1-15,23-24H. The molecule has 0 spiro atoms. The Bertz CT molecular complexity index is 1200. The molecule has 0 saturated heterocycles. The van der Waals surface area contributed by atoms with E-state index < -0.39 is 10.0 Å². The van der Waals surface area contributed by atoms with Gasteiger partial charge in [-0.2, -0.15) is 0 Å². The van der Waals surface area contributed by atoms with Crippen LogP contribution in [-0.4, -0.2) is 13.5 Å². The fourth-order valence-electron chi connectivity index (χ4n) is 3.04. The summed E-state index contributed by atoms with van der Waals surface area (Å²) >= 11 is 0. The van der Waals surface area contributed by atoms with Crippen LogP contribution in [0.15, 0.2) is 95.9 Å². The molecule has 0 amide bonds. The Labute approximate surface area is 157 Å². The molecule has 0 fully saturated rings. The van der Waals surface area contributed by atoms with Crippen molar-refractivity contribution in [2.45, 2.75) is 4.90 Å². The minimum atomic E-state index is -3.75. The third kappa shape index (κ3) is 3.37. The average Bonchev–Trinajstić information content (AvgIpc) is 2.69. The van der Waals surface area contributed by atoms with Crippen LogP contribution in [0.5, 0.6) is 5.75 Å². The molecule has 0 aliphatic heterocycles. The number of hydrogen-bond donors (Lipinski definition) is 2. The van der Waals surface area contributed by atoms with E-state index in [0.717, 1.165) is 11.1 Å². The Balaban J connectivity index is 1.68. The molecule has 4 nitrogen and oxygen atoms in total. The van der Waals surface area contributed by atoms with Gasteiger partial charge in [-0.1, -0.05) is 66.7 Å². The number of phenols is 1. The number of phenolic OH excluding ortho intramolecular Hbond substituents is 1. The Morgan fingerprint density at radius 3 is 2.00 bits per heavy atom. The highest BCUT2D eigenvalue weighted by Gasteiger charge is 2.16. The normalized spacial score (nSPS) is 11.4. The highest BCUT2D eigenvalue weighted by molar-refractivity contribution is 7.92. The molecule has 0 heterocycles. The highest BCUT2D eigenvalue weighted by atomic mass is 32.2. The zero-order chi connectivity index (χ0) is 18.9. The zero-order valence-electron chi connectivity index (χ0n) is 14.3. The number of hydrogen-bond acceptors (Lipinski definition) is 3. The van der Waals surface area contributed by atoms with E-state index in [2.05, 4.69) is 4.72 Å². The van der Waals surface area contributed by atoms with E-state index >= 15 is 0 Å². The van der Waals surface area contributed by atoms with Crippen LogP contribution >= 0.6 is 0 Å². The van der Waals surface area contributed by atoms with E-state index in [9.17, 15) is 13.5 Å². The first-order valence-corrected chi connectivity index (χ1v) is 9.92. The molecule has 134 valence electrons. The summed E-state index contributed by atoms with van der Waals surface area (Å²) in [4.78, 5) is 0.180. The lowest BCUT2D eigenvalue weighted by Crippen LogP contribution is -2.13. The van der Waals surface area contributed by atoms with Gasteiger partial charge in [-0.15, -0.1) is 0 Å². The summed E-state index contributed by atoms with van der Waals surface area (Å²) < 4.78 is 28.2. The van der Waals surface area contributed by atoms with Crippen molar-refractivity contribution in [3.63, 3.8) is 0 Å². The van der Waals surface area contributed by atoms with Crippen LogP contribution in [0.4, 0.5) is 5.69 Å². The predicted octanol–water partition coefficient (Wildman–Crippen LogP) is 5.01. The third-order valence-corrected chi connectivity index (χ3v) is 5.80. The van der Waals surface area contributed by atoms with Gasteiger partial charge < -0.3 is 5.11 Å². The SMILES string of the molecule is O=S(=O)(Nc1cccc2c(O)cccc12)c1ccc(-c2ccccc2)cc1. The second-order valence-electron chi connectivity index (χ2n) is 6.17. The van der Waals surface area contributed by atoms with Gasteiger partial charge in [0.15, 0.2) is 0 Å². The third-order valence-electron chi connectivity index (χ3n) is 4.42. The van der Waals surface area contributed by atoms with Crippen LogP contribution in [0.25, 0.3) is 21.9 Å². The molecular weight excluding hydrogens is 358 g/mol. The summed E-state index contributed by atoms with van der Waals surface area (Å²) in [6, 6.07) is 26.7. The summed E-state index contributed by atoms with van der Waals surface area (Å²) in [5.74, 6) is 0.112. The molecule has 0 aliphatic carbocycles. The van der Waals surface area contributed by atoms with Gasteiger partial charge in [0, 0.05) is 10.8 Å². The summed E-state index contributed by atoms with van der Waals surface area (Å²) in [6.07, 6.45) is 0. The van der Waals surface area contributed by atoms with Crippen molar-refractivity contribution in [1.29, 1.82) is 0 Å². The van der Waals surface area contributed by atoms with E-state index in [1.54, 1.807) is 60.7 Å². The quantitative estimate of drug-likeness (QED) is 0.527. The maximum atomic E-state index is 12.8. The molecule has 0 unspecified atom stereocenters. The van der Waals surface area contributed by atoms with Gasteiger partial charge in [0.1, 0.15) is 5.75 Å². The van der Waals surface area contributed by atoms with Crippen LogP contribution in [-0.2, 0) is 10.0 Å². The number of benzene rings is 4. The Morgan fingerprint density at radius 2 is 1.26 bits per heavy atom. The van der Waals surface area contributed by atoms with Crippen LogP contribution in [0, 0.1) is 0 Å². The van der Waals surface area contributed by atoms with Gasteiger partial charge in [-0.3, -0.25) is 4.72 Å². The average molecular weight is 375 g/mol. The second-order valence-corrected chi connectivity index (χ2v) is 7.86. The highest BCUT2D eigenvalue weighted by Crippen LogP contribution is 2.31. The molecule has 5 heteroatoms. The van der Waals surface area contributed by atoms with E-state index in [-0.39, 0.29) is 10.6 Å². The molecule has 2 N–H and O–H groups in total. The molecule has 4 aromatic rings. The van der Waals surface area contributed by atoms with Gasteiger partial charge >= 0.3 is 0 Å². The molecule has 4 aromatic carbocycles. The monoisotopic (exact) mass is 375 g/mol. The lowest BCUT2D eigenvalue weighted by Gasteiger charge is -2.12. The van der Waals surface area contributed by atoms with Gasteiger partial charge in [0.2, 0.25) is 0 Å². The topological polar surface area (TPSA) is 66.4 Å². The molecule has 0 saturated carbocycles. The van der Waals surface area contributed by atoms with Crippen molar-refractivity contribution in [2.75, 3.05) is 4.72 Å². The molecular formula is C22H17NO3S. The predicted molar refractivity (Wildman–Crippen MR) is 108 cm³/mol. The van der Waals surface area contributed by atoms with Crippen molar-refractivity contribution in [1.82, 2.24) is 0 Å². The number of rotatable bonds is 4. The van der Waals surface area contributed by atoms with Gasteiger partial charge in [0.05, 0.1) is 10.6 Å².